The van der Waals surface area contributed by atoms with E-state index in [0.29, 0.717) is 12.1 Å². The lowest BCUT2D eigenvalue weighted by molar-refractivity contribution is -0.0199. The number of likely N-dealkylation sites (tertiary alicyclic amines) is 1. The van der Waals surface area contributed by atoms with Gasteiger partial charge in [-0.15, -0.1) is 0 Å². The van der Waals surface area contributed by atoms with Gasteiger partial charge in [0.2, 0.25) is 0 Å². The molecular weight excluding hydrogens is 240 g/mol. The fourth-order valence-electron chi connectivity index (χ4n) is 2.58. The lowest BCUT2D eigenvalue weighted by Gasteiger charge is -2.39. The number of methoxy groups -OCH3 is 1. The minimum absolute atomic E-state index is 0.154. The van der Waals surface area contributed by atoms with Crippen LogP contribution >= 0.6 is 0 Å². The SMILES string of the molecule is CCOC1CCCN(C(CNC(C)(C)C)COC)C1. The molecule has 2 unspecified atom stereocenters. The van der Waals surface area contributed by atoms with Crippen molar-refractivity contribution in [2.24, 2.45) is 0 Å². The molecule has 0 radical (unpaired) electrons. The summed E-state index contributed by atoms with van der Waals surface area (Å²) >= 11 is 0. The monoisotopic (exact) mass is 272 g/mol. The van der Waals surface area contributed by atoms with Crippen molar-refractivity contribution in [1.82, 2.24) is 10.2 Å². The van der Waals surface area contributed by atoms with E-state index < -0.39 is 0 Å². The van der Waals surface area contributed by atoms with Gasteiger partial charge in [0.15, 0.2) is 0 Å². The standard InChI is InChI=1S/C15H32N2O2/c1-6-19-14-8-7-9-17(11-14)13(12-18-5)10-16-15(2,3)4/h13-14,16H,6-12H2,1-5H3. The molecule has 0 aromatic heterocycles. The maximum absolute atomic E-state index is 5.78. The van der Waals surface area contributed by atoms with E-state index in [4.69, 9.17) is 9.47 Å². The largest absolute Gasteiger partial charge is 0.383 e. The van der Waals surface area contributed by atoms with Crippen LogP contribution in [0.1, 0.15) is 40.5 Å². The third kappa shape index (κ3) is 6.70. The zero-order valence-corrected chi connectivity index (χ0v) is 13.4. The van der Waals surface area contributed by atoms with E-state index in [1.54, 1.807) is 7.11 Å². The maximum Gasteiger partial charge on any atom is 0.0702 e. The van der Waals surface area contributed by atoms with Crippen molar-refractivity contribution in [3.63, 3.8) is 0 Å². The summed E-state index contributed by atoms with van der Waals surface area (Å²) < 4.78 is 11.2. The minimum atomic E-state index is 0.154. The van der Waals surface area contributed by atoms with Crippen LogP contribution in [0.25, 0.3) is 0 Å². The quantitative estimate of drug-likeness (QED) is 0.767. The summed E-state index contributed by atoms with van der Waals surface area (Å²) in [5.41, 5.74) is 0.154. The lowest BCUT2D eigenvalue weighted by atomic mass is 10.0. The van der Waals surface area contributed by atoms with Crippen LogP contribution in [0.4, 0.5) is 0 Å². The molecule has 4 heteroatoms. The zero-order valence-electron chi connectivity index (χ0n) is 13.4. The predicted molar refractivity (Wildman–Crippen MR) is 79.6 cm³/mol. The second-order valence-electron chi connectivity index (χ2n) is 6.45. The molecule has 1 fully saturated rings. The summed E-state index contributed by atoms with van der Waals surface area (Å²) in [6, 6.07) is 0.437. The van der Waals surface area contributed by atoms with E-state index in [0.717, 1.165) is 32.8 Å². The molecular formula is C15H32N2O2. The second kappa shape index (κ2) is 8.20. The number of nitrogens with one attached hydrogen (secondary N) is 1. The highest BCUT2D eigenvalue weighted by molar-refractivity contribution is 4.83. The van der Waals surface area contributed by atoms with Gasteiger partial charge in [-0.1, -0.05) is 0 Å². The Hall–Kier alpha value is -0.160. The van der Waals surface area contributed by atoms with Gasteiger partial charge in [-0.3, -0.25) is 4.90 Å². The van der Waals surface area contributed by atoms with Crippen LogP contribution < -0.4 is 5.32 Å². The van der Waals surface area contributed by atoms with Crippen LogP contribution in [0, 0.1) is 0 Å². The van der Waals surface area contributed by atoms with Gasteiger partial charge < -0.3 is 14.8 Å². The Morgan fingerprint density at radius 3 is 2.68 bits per heavy atom. The van der Waals surface area contributed by atoms with Crippen molar-refractivity contribution >= 4 is 0 Å². The lowest BCUT2D eigenvalue weighted by Crippen LogP contribution is -2.53. The molecule has 0 spiro atoms. The molecule has 1 rings (SSSR count). The summed E-state index contributed by atoms with van der Waals surface area (Å²) in [5, 5.41) is 3.59. The van der Waals surface area contributed by atoms with Gasteiger partial charge in [0.05, 0.1) is 12.7 Å². The smallest absolute Gasteiger partial charge is 0.0702 e. The minimum Gasteiger partial charge on any atom is -0.383 e. The number of rotatable bonds is 7. The van der Waals surface area contributed by atoms with Gasteiger partial charge in [-0.2, -0.15) is 0 Å². The molecule has 0 aromatic carbocycles. The molecule has 1 saturated heterocycles. The first-order valence-corrected chi connectivity index (χ1v) is 7.56. The van der Waals surface area contributed by atoms with Crippen LogP contribution in [0.15, 0.2) is 0 Å². The first-order chi connectivity index (χ1) is 8.96. The number of hydrogen-bond donors (Lipinski definition) is 1. The normalized spacial score (nSPS) is 23.5. The van der Waals surface area contributed by atoms with Crippen LogP contribution in [0.5, 0.6) is 0 Å². The maximum atomic E-state index is 5.78. The van der Waals surface area contributed by atoms with Gasteiger partial charge in [-0.25, -0.2) is 0 Å². The predicted octanol–water partition coefficient (Wildman–Crippen LogP) is 1.89. The average Bonchev–Trinajstić information content (AvgIpc) is 2.34. The first kappa shape index (κ1) is 16.9. The Balaban J connectivity index is 2.49. The van der Waals surface area contributed by atoms with Crippen molar-refractivity contribution in [2.75, 3.05) is 40.0 Å². The molecule has 0 aromatic rings. The average molecular weight is 272 g/mol. The van der Waals surface area contributed by atoms with Gasteiger partial charge in [-0.05, 0) is 47.1 Å². The van der Waals surface area contributed by atoms with Crippen molar-refractivity contribution in [2.45, 2.75) is 58.2 Å². The molecule has 0 amide bonds. The highest BCUT2D eigenvalue weighted by atomic mass is 16.5. The summed E-state index contributed by atoms with van der Waals surface area (Å²) in [7, 11) is 1.79. The molecule has 1 heterocycles. The van der Waals surface area contributed by atoms with Crippen LogP contribution in [-0.4, -0.2) is 62.5 Å². The van der Waals surface area contributed by atoms with E-state index >= 15 is 0 Å². The summed E-state index contributed by atoms with van der Waals surface area (Å²) in [6.45, 7) is 13.4. The molecule has 19 heavy (non-hydrogen) atoms. The highest BCUT2D eigenvalue weighted by Gasteiger charge is 2.26. The number of piperidine rings is 1. The molecule has 0 saturated carbocycles. The Morgan fingerprint density at radius 1 is 1.37 bits per heavy atom. The van der Waals surface area contributed by atoms with E-state index in [9.17, 15) is 0 Å². The molecule has 114 valence electrons. The van der Waals surface area contributed by atoms with Crippen molar-refractivity contribution in [3.05, 3.63) is 0 Å². The Kier molecular flexibility index (Phi) is 7.29. The number of hydrogen-bond acceptors (Lipinski definition) is 4. The van der Waals surface area contributed by atoms with E-state index in [1.807, 2.05) is 0 Å². The van der Waals surface area contributed by atoms with Crippen LogP contribution in [-0.2, 0) is 9.47 Å². The Bertz CT molecular complexity index is 239. The van der Waals surface area contributed by atoms with Crippen LogP contribution in [0.2, 0.25) is 0 Å². The Morgan fingerprint density at radius 2 is 2.11 bits per heavy atom. The summed E-state index contributed by atoms with van der Waals surface area (Å²) in [5.74, 6) is 0. The van der Waals surface area contributed by atoms with E-state index in [1.165, 1.54) is 12.8 Å². The third-order valence-corrected chi connectivity index (χ3v) is 3.56. The topological polar surface area (TPSA) is 33.7 Å². The van der Waals surface area contributed by atoms with Crippen molar-refractivity contribution < 1.29 is 9.47 Å². The molecule has 4 nitrogen and oxygen atoms in total. The van der Waals surface area contributed by atoms with E-state index in [2.05, 4.69) is 37.9 Å². The fraction of sp³-hybridized carbons (Fsp3) is 1.00. The number of ether oxygens (including phenoxy) is 2. The molecule has 0 bridgehead atoms. The fourth-order valence-corrected chi connectivity index (χ4v) is 2.58. The van der Waals surface area contributed by atoms with Gasteiger partial charge in [0.1, 0.15) is 0 Å². The summed E-state index contributed by atoms with van der Waals surface area (Å²) in [6.07, 6.45) is 2.81. The van der Waals surface area contributed by atoms with Crippen LogP contribution in [0.3, 0.4) is 0 Å². The molecule has 1 aliphatic rings. The third-order valence-electron chi connectivity index (χ3n) is 3.56. The van der Waals surface area contributed by atoms with Crippen molar-refractivity contribution in [3.8, 4) is 0 Å². The molecule has 1 aliphatic heterocycles. The number of nitrogens with zero attached hydrogens (tertiary/aromatic N) is 1. The summed E-state index contributed by atoms with van der Waals surface area (Å²) in [4.78, 5) is 2.52. The van der Waals surface area contributed by atoms with Gasteiger partial charge >= 0.3 is 0 Å². The molecule has 2 atom stereocenters. The van der Waals surface area contributed by atoms with Gasteiger partial charge in [0, 0.05) is 38.4 Å². The van der Waals surface area contributed by atoms with Crippen molar-refractivity contribution in [1.29, 1.82) is 0 Å². The highest BCUT2D eigenvalue weighted by Crippen LogP contribution is 2.16. The zero-order chi connectivity index (χ0) is 14.3. The van der Waals surface area contributed by atoms with Gasteiger partial charge in [0.25, 0.3) is 0 Å². The second-order valence-corrected chi connectivity index (χ2v) is 6.45. The molecule has 1 N–H and O–H groups in total. The Labute approximate surface area is 118 Å². The molecule has 0 aliphatic carbocycles. The first-order valence-electron chi connectivity index (χ1n) is 7.56. The van der Waals surface area contributed by atoms with E-state index in [-0.39, 0.29) is 5.54 Å².